The zero-order chi connectivity index (χ0) is 18.4. The second-order valence-electron chi connectivity index (χ2n) is 5.85. The lowest BCUT2D eigenvalue weighted by Gasteiger charge is -2.23. The maximum absolute atomic E-state index is 13.8. The molecule has 0 saturated carbocycles. The van der Waals surface area contributed by atoms with E-state index >= 15 is 0 Å². The van der Waals surface area contributed by atoms with Gasteiger partial charge in [0.1, 0.15) is 11.9 Å². The number of hydrogen-bond acceptors (Lipinski definition) is 2. The second-order valence-corrected chi connectivity index (χ2v) is 6.28. The third kappa shape index (κ3) is 6.14. The van der Waals surface area contributed by atoms with Crippen molar-refractivity contribution in [3.63, 3.8) is 0 Å². The van der Waals surface area contributed by atoms with E-state index in [-0.39, 0.29) is 36.1 Å². The Kier molecular flexibility index (Phi) is 9.38. The Morgan fingerprint density at radius 2 is 2.12 bits per heavy atom. The van der Waals surface area contributed by atoms with Crippen LogP contribution in [0, 0.1) is 5.82 Å². The molecule has 26 heavy (non-hydrogen) atoms. The van der Waals surface area contributed by atoms with Gasteiger partial charge in [0.25, 0.3) is 0 Å². The molecular formula is C18H25ClFIN4O. The number of aromatic nitrogens is 1. The number of aliphatic hydroxyl groups is 1. The lowest BCUT2D eigenvalue weighted by Crippen LogP contribution is -2.39. The molecule has 0 spiro atoms. The molecule has 5 nitrogen and oxygen atoms in total. The molecule has 0 fully saturated rings. The van der Waals surface area contributed by atoms with Gasteiger partial charge in [0.05, 0.1) is 18.1 Å². The van der Waals surface area contributed by atoms with Crippen molar-refractivity contribution in [3.8, 4) is 0 Å². The van der Waals surface area contributed by atoms with Crippen LogP contribution < -0.4 is 5.32 Å². The van der Waals surface area contributed by atoms with Crippen molar-refractivity contribution in [1.29, 1.82) is 0 Å². The van der Waals surface area contributed by atoms with Crippen LogP contribution in [-0.2, 0) is 13.6 Å². The molecule has 8 heteroatoms. The molecule has 1 aromatic heterocycles. The van der Waals surface area contributed by atoms with E-state index < -0.39 is 11.9 Å². The zero-order valence-corrected chi connectivity index (χ0v) is 18.2. The summed E-state index contributed by atoms with van der Waals surface area (Å²) in [5.41, 5.74) is 1.28. The van der Waals surface area contributed by atoms with Crippen LogP contribution >= 0.6 is 35.6 Å². The summed E-state index contributed by atoms with van der Waals surface area (Å²) in [6, 6.07) is 8.09. The molecule has 0 aliphatic heterocycles. The first-order valence-corrected chi connectivity index (χ1v) is 8.52. The molecule has 2 aromatic rings. The lowest BCUT2D eigenvalue weighted by atomic mass is 10.1. The highest BCUT2D eigenvalue weighted by atomic mass is 127. The third-order valence-electron chi connectivity index (χ3n) is 3.85. The highest BCUT2D eigenvalue weighted by molar-refractivity contribution is 14.0. The van der Waals surface area contributed by atoms with Crippen molar-refractivity contribution in [2.45, 2.75) is 19.6 Å². The highest BCUT2D eigenvalue weighted by Crippen LogP contribution is 2.17. The molecule has 0 amide bonds. The number of nitrogens with one attached hydrogen (secondary N) is 1. The van der Waals surface area contributed by atoms with Gasteiger partial charge < -0.3 is 19.9 Å². The summed E-state index contributed by atoms with van der Waals surface area (Å²) in [7, 11) is 3.83. The number of benzene rings is 1. The van der Waals surface area contributed by atoms with Gasteiger partial charge in [0.2, 0.25) is 0 Å². The minimum atomic E-state index is -0.993. The number of rotatable bonds is 6. The fourth-order valence-corrected chi connectivity index (χ4v) is 2.80. The fourth-order valence-electron chi connectivity index (χ4n) is 2.53. The van der Waals surface area contributed by atoms with Gasteiger partial charge >= 0.3 is 0 Å². The smallest absolute Gasteiger partial charge is 0.194 e. The topological polar surface area (TPSA) is 52.8 Å². The quantitative estimate of drug-likeness (QED) is 0.367. The van der Waals surface area contributed by atoms with Crippen molar-refractivity contribution >= 4 is 41.5 Å². The zero-order valence-electron chi connectivity index (χ0n) is 15.1. The summed E-state index contributed by atoms with van der Waals surface area (Å²) in [6.45, 7) is 3.33. The number of aliphatic hydroxyl groups excluding tert-OH is 1. The molecule has 1 atom stereocenters. The number of nitrogens with zero attached hydrogens (tertiary/aromatic N) is 3. The standard InChI is InChI=1S/C18H24ClFN4O.HI/c1-4-21-18(24(3)12-14-9-13(19)11-23(14)2)22-10-17(25)15-7-5-6-8-16(15)20;/h5-9,11,17,25H,4,10,12H2,1-3H3,(H,21,22);1H. The van der Waals surface area contributed by atoms with Crippen LogP contribution in [0.2, 0.25) is 5.02 Å². The van der Waals surface area contributed by atoms with Gasteiger partial charge in [-0.15, -0.1) is 24.0 Å². The van der Waals surface area contributed by atoms with Crippen LogP contribution in [0.1, 0.15) is 24.3 Å². The van der Waals surface area contributed by atoms with E-state index in [1.165, 1.54) is 6.07 Å². The molecule has 0 aliphatic rings. The first-order valence-electron chi connectivity index (χ1n) is 8.15. The molecule has 0 saturated heterocycles. The van der Waals surface area contributed by atoms with Crippen LogP contribution in [0.5, 0.6) is 0 Å². The van der Waals surface area contributed by atoms with E-state index in [4.69, 9.17) is 11.6 Å². The lowest BCUT2D eigenvalue weighted by molar-refractivity contribution is 0.181. The van der Waals surface area contributed by atoms with E-state index in [0.717, 1.165) is 5.69 Å². The maximum atomic E-state index is 13.8. The number of aryl methyl sites for hydroxylation is 1. The van der Waals surface area contributed by atoms with Crippen LogP contribution in [0.4, 0.5) is 4.39 Å². The molecule has 2 N–H and O–H groups in total. The van der Waals surface area contributed by atoms with Gasteiger partial charge in [-0.2, -0.15) is 0 Å². The minimum absolute atomic E-state index is 0. The Labute approximate surface area is 175 Å². The van der Waals surface area contributed by atoms with Crippen molar-refractivity contribution in [1.82, 2.24) is 14.8 Å². The summed E-state index contributed by atoms with van der Waals surface area (Å²) in [5, 5.41) is 14.1. The van der Waals surface area contributed by atoms with Gasteiger partial charge in [-0.25, -0.2) is 4.39 Å². The summed E-state index contributed by atoms with van der Waals surface area (Å²) in [4.78, 5) is 6.37. The Morgan fingerprint density at radius 3 is 2.69 bits per heavy atom. The van der Waals surface area contributed by atoms with Crippen molar-refractivity contribution in [3.05, 3.63) is 58.6 Å². The molecule has 1 unspecified atom stereocenters. The number of hydrogen-bond donors (Lipinski definition) is 2. The Bertz CT molecular complexity index is 738. The summed E-state index contributed by atoms with van der Waals surface area (Å²) in [5.74, 6) is 0.206. The Balaban J connectivity index is 0.00000338. The minimum Gasteiger partial charge on any atom is -0.386 e. The maximum Gasteiger partial charge on any atom is 0.194 e. The van der Waals surface area contributed by atoms with Crippen LogP contribution in [-0.4, -0.2) is 40.7 Å². The average Bonchev–Trinajstić information content (AvgIpc) is 2.88. The molecule has 0 radical (unpaired) electrons. The molecular weight excluding hydrogens is 470 g/mol. The highest BCUT2D eigenvalue weighted by Gasteiger charge is 2.14. The third-order valence-corrected chi connectivity index (χ3v) is 4.06. The molecule has 1 aromatic carbocycles. The first kappa shape index (κ1) is 22.7. The molecule has 144 valence electrons. The predicted octanol–water partition coefficient (Wildman–Crippen LogP) is 3.57. The van der Waals surface area contributed by atoms with E-state index in [0.29, 0.717) is 24.1 Å². The average molecular weight is 495 g/mol. The van der Waals surface area contributed by atoms with Gasteiger partial charge in [-0.3, -0.25) is 4.99 Å². The number of aliphatic imine (C=N–C) groups is 1. The van der Waals surface area contributed by atoms with Gasteiger partial charge in [0, 0.05) is 38.1 Å². The van der Waals surface area contributed by atoms with Crippen molar-refractivity contribution < 1.29 is 9.50 Å². The number of guanidine groups is 1. The fraction of sp³-hybridized carbons (Fsp3) is 0.389. The van der Waals surface area contributed by atoms with Gasteiger partial charge in [-0.05, 0) is 19.1 Å². The number of halogens is 3. The Hall–Kier alpha value is -1.32. The SMILES string of the molecule is CCNC(=NCC(O)c1ccccc1F)N(C)Cc1cc(Cl)cn1C.I. The van der Waals surface area contributed by atoms with Gasteiger partial charge in [-0.1, -0.05) is 29.8 Å². The molecule has 0 bridgehead atoms. The van der Waals surface area contributed by atoms with Crippen LogP contribution in [0.25, 0.3) is 0 Å². The molecule has 2 rings (SSSR count). The second kappa shape index (κ2) is 10.7. The summed E-state index contributed by atoms with van der Waals surface area (Å²) in [6.07, 6.45) is 0.851. The largest absolute Gasteiger partial charge is 0.386 e. The van der Waals surface area contributed by atoms with Crippen LogP contribution in [0.3, 0.4) is 0 Å². The van der Waals surface area contributed by atoms with Gasteiger partial charge in [0.15, 0.2) is 5.96 Å². The summed E-state index contributed by atoms with van der Waals surface area (Å²) < 4.78 is 15.7. The van der Waals surface area contributed by atoms with E-state index in [9.17, 15) is 9.50 Å². The monoisotopic (exact) mass is 494 g/mol. The van der Waals surface area contributed by atoms with Crippen molar-refractivity contribution in [2.75, 3.05) is 20.1 Å². The summed E-state index contributed by atoms with van der Waals surface area (Å²) >= 11 is 6.02. The van der Waals surface area contributed by atoms with E-state index in [1.807, 2.05) is 42.7 Å². The van der Waals surface area contributed by atoms with Crippen LogP contribution in [0.15, 0.2) is 41.5 Å². The first-order chi connectivity index (χ1) is 11.9. The predicted molar refractivity (Wildman–Crippen MR) is 115 cm³/mol. The van der Waals surface area contributed by atoms with E-state index in [2.05, 4.69) is 10.3 Å². The molecule has 0 aliphatic carbocycles. The van der Waals surface area contributed by atoms with E-state index in [1.54, 1.807) is 18.2 Å². The Morgan fingerprint density at radius 1 is 1.42 bits per heavy atom. The normalized spacial score (nSPS) is 12.5. The van der Waals surface area contributed by atoms with Crippen molar-refractivity contribution in [2.24, 2.45) is 12.0 Å². The molecule has 1 heterocycles.